The monoisotopic (exact) mass is 301 g/mol. The van der Waals surface area contributed by atoms with Gasteiger partial charge in [-0.25, -0.2) is 0 Å². The van der Waals surface area contributed by atoms with Crippen molar-refractivity contribution in [3.63, 3.8) is 0 Å². The maximum Gasteiger partial charge on any atom is 0.269 e. The maximum atomic E-state index is 12.3. The van der Waals surface area contributed by atoms with Crippen LogP contribution in [0.3, 0.4) is 0 Å². The third kappa shape index (κ3) is 3.88. The molecule has 0 aliphatic rings. The van der Waals surface area contributed by atoms with Crippen LogP contribution in [0.5, 0.6) is 0 Å². The zero-order chi connectivity index (χ0) is 15.1. The van der Waals surface area contributed by atoms with E-state index in [1.54, 1.807) is 12.1 Å². The molecular formula is C15H15N3O2S. The summed E-state index contributed by atoms with van der Waals surface area (Å²) in [5.74, 6) is 5.16. The molecule has 2 aromatic rings. The number of rotatable bonds is 4. The van der Waals surface area contributed by atoms with E-state index in [9.17, 15) is 4.79 Å². The molecule has 1 heterocycles. The van der Waals surface area contributed by atoms with Crippen molar-refractivity contribution in [3.8, 4) is 11.8 Å². The highest BCUT2D eigenvalue weighted by molar-refractivity contribution is 7.08. The molecule has 0 atom stereocenters. The summed E-state index contributed by atoms with van der Waals surface area (Å²) in [5, 5.41) is 15.6. The van der Waals surface area contributed by atoms with Gasteiger partial charge in [-0.2, -0.15) is 0 Å². The highest BCUT2D eigenvalue weighted by Gasteiger charge is 2.16. The van der Waals surface area contributed by atoms with Crippen LogP contribution in [0.15, 0.2) is 24.3 Å². The number of para-hydroxylation sites is 1. The van der Waals surface area contributed by atoms with Crippen LogP contribution in [0, 0.1) is 11.8 Å². The fraction of sp³-hybridized carbons (Fsp3) is 0.267. The molecule has 1 aromatic carbocycles. The molecule has 5 nitrogen and oxygen atoms in total. The van der Waals surface area contributed by atoms with E-state index in [0.717, 1.165) is 30.1 Å². The third-order valence-corrected chi connectivity index (χ3v) is 3.49. The van der Waals surface area contributed by atoms with Gasteiger partial charge in [0.15, 0.2) is 0 Å². The lowest BCUT2D eigenvalue weighted by Crippen LogP contribution is -2.13. The quantitative estimate of drug-likeness (QED) is 0.848. The topological polar surface area (TPSA) is 75.1 Å². The number of carbonyl (C=O) groups is 1. The summed E-state index contributed by atoms with van der Waals surface area (Å²) in [7, 11) is 0. The van der Waals surface area contributed by atoms with Crippen molar-refractivity contribution in [2.75, 3.05) is 11.9 Å². The van der Waals surface area contributed by atoms with Crippen molar-refractivity contribution >= 4 is 23.1 Å². The summed E-state index contributed by atoms with van der Waals surface area (Å²) in [4.78, 5) is 12.8. The second-order valence-electron chi connectivity index (χ2n) is 4.26. The third-order valence-electron chi connectivity index (χ3n) is 2.73. The number of nitrogens with zero attached hydrogens (tertiary/aromatic N) is 2. The Balaban J connectivity index is 2.22. The van der Waals surface area contributed by atoms with E-state index in [-0.39, 0.29) is 12.5 Å². The van der Waals surface area contributed by atoms with Crippen LogP contribution in [-0.2, 0) is 6.42 Å². The average Bonchev–Trinajstić information content (AvgIpc) is 2.95. The Kier molecular flexibility index (Phi) is 5.43. The Labute approximate surface area is 127 Å². The highest BCUT2D eigenvalue weighted by atomic mass is 32.1. The lowest BCUT2D eigenvalue weighted by molar-refractivity contribution is 0.102. The fourth-order valence-electron chi connectivity index (χ4n) is 1.80. The lowest BCUT2D eigenvalue weighted by Gasteiger charge is -2.06. The summed E-state index contributed by atoms with van der Waals surface area (Å²) in [5.41, 5.74) is 1.99. The molecule has 0 bridgehead atoms. The van der Waals surface area contributed by atoms with Crippen molar-refractivity contribution in [1.82, 2.24) is 9.59 Å². The number of carbonyl (C=O) groups excluding carboxylic acids is 1. The van der Waals surface area contributed by atoms with Gasteiger partial charge in [-0.05, 0) is 30.1 Å². The van der Waals surface area contributed by atoms with Crippen LogP contribution < -0.4 is 5.32 Å². The minimum absolute atomic E-state index is 0.221. The number of aliphatic hydroxyl groups is 1. The van der Waals surface area contributed by atoms with Gasteiger partial charge >= 0.3 is 0 Å². The van der Waals surface area contributed by atoms with E-state index in [0.29, 0.717) is 16.1 Å². The van der Waals surface area contributed by atoms with Crippen molar-refractivity contribution in [1.29, 1.82) is 0 Å². The first kappa shape index (κ1) is 15.2. The van der Waals surface area contributed by atoms with E-state index in [1.165, 1.54) is 0 Å². The van der Waals surface area contributed by atoms with Crippen molar-refractivity contribution in [3.05, 3.63) is 40.4 Å². The molecule has 0 fully saturated rings. The van der Waals surface area contributed by atoms with Crippen molar-refractivity contribution < 1.29 is 9.90 Å². The standard InChI is InChI=1S/C15H15N3O2S/c1-2-6-13-14(21-18-17-13)15(20)16-12-9-4-3-7-11(12)8-5-10-19/h3-4,7,9,19H,2,6,10H2,1H3,(H,16,20). The molecule has 2 N–H and O–H groups in total. The van der Waals surface area contributed by atoms with Crippen LogP contribution in [-0.4, -0.2) is 27.2 Å². The molecule has 0 radical (unpaired) electrons. The largest absolute Gasteiger partial charge is 0.384 e. The summed E-state index contributed by atoms with van der Waals surface area (Å²) >= 11 is 1.09. The number of nitrogens with one attached hydrogen (secondary N) is 1. The molecule has 21 heavy (non-hydrogen) atoms. The highest BCUT2D eigenvalue weighted by Crippen LogP contribution is 2.18. The van der Waals surface area contributed by atoms with Crippen LogP contribution in [0.1, 0.15) is 34.3 Å². The predicted molar refractivity (Wildman–Crippen MR) is 82.3 cm³/mol. The summed E-state index contributed by atoms with van der Waals surface area (Å²) in [6.07, 6.45) is 1.63. The zero-order valence-electron chi connectivity index (χ0n) is 11.6. The molecular weight excluding hydrogens is 286 g/mol. The van der Waals surface area contributed by atoms with Gasteiger partial charge in [0.25, 0.3) is 5.91 Å². The van der Waals surface area contributed by atoms with Gasteiger partial charge in [0.05, 0.1) is 11.4 Å². The SMILES string of the molecule is CCCc1nnsc1C(=O)Nc1ccccc1C#CCO. The minimum atomic E-state index is -0.230. The Bertz CT molecular complexity index is 685. The Hall–Kier alpha value is -2.23. The molecule has 108 valence electrons. The molecule has 6 heteroatoms. The molecule has 0 saturated carbocycles. The van der Waals surface area contributed by atoms with E-state index in [1.807, 2.05) is 19.1 Å². The molecule has 0 spiro atoms. The number of hydrogen-bond acceptors (Lipinski definition) is 5. The number of benzene rings is 1. The molecule has 0 aliphatic heterocycles. The van der Waals surface area contributed by atoms with Crippen molar-refractivity contribution in [2.45, 2.75) is 19.8 Å². The molecule has 0 aliphatic carbocycles. The normalized spacial score (nSPS) is 9.81. The molecule has 0 saturated heterocycles. The second kappa shape index (κ2) is 7.53. The summed E-state index contributed by atoms with van der Waals surface area (Å²) < 4.78 is 3.85. The van der Waals surface area contributed by atoms with E-state index in [4.69, 9.17) is 5.11 Å². The van der Waals surface area contributed by atoms with Gasteiger partial charge in [0.1, 0.15) is 11.5 Å². The van der Waals surface area contributed by atoms with Gasteiger partial charge < -0.3 is 10.4 Å². The first-order valence-electron chi connectivity index (χ1n) is 6.57. The van der Waals surface area contributed by atoms with Gasteiger partial charge in [0.2, 0.25) is 0 Å². The summed E-state index contributed by atoms with van der Waals surface area (Å²) in [6.45, 7) is 1.81. The molecule has 1 amide bonds. The van der Waals surface area contributed by atoms with Crippen molar-refractivity contribution in [2.24, 2.45) is 0 Å². The van der Waals surface area contributed by atoms with Gasteiger partial charge in [0, 0.05) is 5.56 Å². The molecule has 1 aromatic heterocycles. The molecule has 0 unspecified atom stereocenters. The van der Waals surface area contributed by atoms with Gasteiger partial charge in [-0.1, -0.05) is 41.8 Å². The first-order chi connectivity index (χ1) is 10.3. The summed E-state index contributed by atoms with van der Waals surface area (Å²) in [6, 6.07) is 7.20. The predicted octanol–water partition coefficient (Wildman–Crippen LogP) is 2.09. The maximum absolute atomic E-state index is 12.3. The van der Waals surface area contributed by atoms with E-state index in [2.05, 4.69) is 26.7 Å². The number of aryl methyl sites for hydroxylation is 1. The van der Waals surface area contributed by atoms with Gasteiger partial charge in [-0.3, -0.25) is 4.79 Å². The first-order valence-corrected chi connectivity index (χ1v) is 7.35. The van der Waals surface area contributed by atoms with E-state index >= 15 is 0 Å². The molecule has 2 rings (SSSR count). The van der Waals surface area contributed by atoms with Crippen LogP contribution in [0.4, 0.5) is 5.69 Å². The van der Waals surface area contributed by atoms with Crippen LogP contribution >= 0.6 is 11.5 Å². The Morgan fingerprint density at radius 1 is 1.43 bits per heavy atom. The Morgan fingerprint density at radius 2 is 2.24 bits per heavy atom. The average molecular weight is 301 g/mol. The number of aliphatic hydroxyl groups excluding tert-OH is 1. The van der Waals surface area contributed by atoms with Gasteiger partial charge in [-0.15, -0.1) is 5.10 Å². The fourth-order valence-corrected chi connectivity index (χ4v) is 2.40. The zero-order valence-corrected chi connectivity index (χ0v) is 12.4. The smallest absolute Gasteiger partial charge is 0.269 e. The number of anilines is 1. The second-order valence-corrected chi connectivity index (χ2v) is 5.01. The number of amides is 1. The minimum Gasteiger partial charge on any atom is -0.384 e. The van der Waals surface area contributed by atoms with E-state index < -0.39 is 0 Å². The van der Waals surface area contributed by atoms with Crippen LogP contribution in [0.25, 0.3) is 0 Å². The number of hydrogen-bond donors (Lipinski definition) is 2. The van der Waals surface area contributed by atoms with Crippen LogP contribution in [0.2, 0.25) is 0 Å². The Morgan fingerprint density at radius 3 is 3.00 bits per heavy atom. The lowest BCUT2D eigenvalue weighted by atomic mass is 10.1. The number of aromatic nitrogens is 2.